The Hall–Kier alpha value is -3.68. The maximum Gasteiger partial charge on any atom is 0.267 e. The summed E-state index contributed by atoms with van der Waals surface area (Å²) in [6.07, 6.45) is 2.91. The van der Waals surface area contributed by atoms with Crippen LogP contribution in [0.5, 0.6) is 0 Å². The molecule has 0 fully saturated rings. The number of hydrogen-bond donors (Lipinski definition) is 4. The lowest BCUT2D eigenvalue weighted by Gasteiger charge is -2.06. The molecule has 8 nitrogen and oxygen atoms in total. The maximum atomic E-state index is 12.2. The zero-order valence-corrected chi connectivity index (χ0v) is 14.8. The van der Waals surface area contributed by atoms with Gasteiger partial charge in [0.2, 0.25) is 5.69 Å². The van der Waals surface area contributed by atoms with Crippen LogP contribution in [0.15, 0.2) is 53.8 Å². The molecule has 2 aromatic heterocycles. The number of aromatic amines is 1. The van der Waals surface area contributed by atoms with Crippen molar-refractivity contribution in [1.29, 1.82) is 0 Å². The molecule has 3 rings (SSSR count). The molecular formula is C19H20N5O3+. The summed E-state index contributed by atoms with van der Waals surface area (Å²) in [6, 6.07) is 12.8. The molecule has 0 unspecified atom stereocenters. The number of amides is 2. The molecule has 2 heterocycles. The lowest BCUT2D eigenvalue weighted by Crippen LogP contribution is -2.38. The molecule has 0 aliphatic rings. The van der Waals surface area contributed by atoms with E-state index in [1.54, 1.807) is 36.0 Å². The first kappa shape index (κ1) is 18.1. The van der Waals surface area contributed by atoms with Gasteiger partial charge in [0.15, 0.2) is 6.20 Å². The van der Waals surface area contributed by atoms with E-state index in [1.165, 1.54) is 6.21 Å². The average Bonchev–Trinajstić information content (AvgIpc) is 3.11. The third-order valence-corrected chi connectivity index (χ3v) is 4.10. The van der Waals surface area contributed by atoms with Crippen LogP contribution in [-0.2, 0) is 7.05 Å². The number of nitrogens with one attached hydrogen (secondary N) is 3. The van der Waals surface area contributed by atoms with E-state index in [0.29, 0.717) is 30.0 Å². The van der Waals surface area contributed by atoms with Crippen molar-refractivity contribution in [3.63, 3.8) is 0 Å². The second-order valence-electron chi connectivity index (χ2n) is 5.98. The molecule has 27 heavy (non-hydrogen) atoms. The fourth-order valence-corrected chi connectivity index (χ4v) is 2.69. The molecule has 2 amide bonds. The number of aryl methyl sites for hydroxylation is 1. The van der Waals surface area contributed by atoms with Gasteiger partial charge in [-0.3, -0.25) is 9.59 Å². The van der Waals surface area contributed by atoms with E-state index >= 15 is 0 Å². The van der Waals surface area contributed by atoms with Gasteiger partial charge >= 0.3 is 0 Å². The number of fused-ring (bicyclic) bond motifs is 1. The number of benzene rings is 1. The summed E-state index contributed by atoms with van der Waals surface area (Å²) < 4.78 is 1.67. The Kier molecular flexibility index (Phi) is 5.46. The first-order valence-corrected chi connectivity index (χ1v) is 8.40. The zero-order chi connectivity index (χ0) is 19.2. The van der Waals surface area contributed by atoms with Gasteiger partial charge in [-0.1, -0.05) is 23.4 Å². The van der Waals surface area contributed by atoms with Gasteiger partial charge in [0, 0.05) is 30.1 Å². The molecule has 0 saturated heterocycles. The van der Waals surface area contributed by atoms with Crippen molar-refractivity contribution < 1.29 is 19.4 Å². The number of H-pyrrole nitrogens is 1. The summed E-state index contributed by atoms with van der Waals surface area (Å²) in [4.78, 5) is 27.4. The van der Waals surface area contributed by atoms with Crippen LogP contribution in [0.3, 0.4) is 0 Å². The molecule has 0 saturated carbocycles. The van der Waals surface area contributed by atoms with E-state index in [2.05, 4.69) is 20.8 Å². The highest BCUT2D eigenvalue weighted by molar-refractivity contribution is 5.98. The molecule has 0 aliphatic carbocycles. The van der Waals surface area contributed by atoms with Gasteiger partial charge in [0.05, 0.1) is 0 Å². The minimum absolute atomic E-state index is 0.223. The predicted molar refractivity (Wildman–Crippen MR) is 100.0 cm³/mol. The predicted octanol–water partition coefficient (Wildman–Crippen LogP) is 0.960. The molecule has 1 aromatic carbocycles. The van der Waals surface area contributed by atoms with E-state index in [0.717, 1.165) is 10.9 Å². The van der Waals surface area contributed by atoms with Crippen LogP contribution in [0.4, 0.5) is 0 Å². The Bertz CT molecular complexity index is 977. The summed E-state index contributed by atoms with van der Waals surface area (Å²) in [7, 11) is 1.74. The third kappa shape index (κ3) is 4.30. The van der Waals surface area contributed by atoms with Crippen molar-refractivity contribution in [3.05, 3.63) is 65.6 Å². The molecule has 138 valence electrons. The number of nitrogens with zero attached hydrogens (tertiary/aromatic N) is 2. The largest absolute Gasteiger partial charge is 0.411 e. The molecule has 4 N–H and O–H groups in total. The van der Waals surface area contributed by atoms with Crippen LogP contribution in [0, 0.1) is 0 Å². The SMILES string of the molecule is C[n+]1cc(C(=O)NCCNC(=O)c2cc3ccccc3[nH]2)ccc1/C=N\O. The van der Waals surface area contributed by atoms with Crippen LogP contribution >= 0.6 is 0 Å². The fourth-order valence-electron chi connectivity index (χ4n) is 2.69. The van der Waals surface area contributed by atoms with Crippen LogP contribution in [0.25, 0.3) is 10.9 Å². The van der Waals surface area contributed by atoms with Crippen molar-refractivity contribution in [2.24, 2.45) is 12.2 Å². The van der Waals surface area contributed by atoms with E-state index in [4.69, 9.17) is 5.21 Å². The lowest BCUT2D eigenvalue weighted by molar-refractivity contribution is -0.672. The Labute approximate surface area is 155 Å². The molecule has 0 atom stereocenters. The minimum atomic E-state index is -0.252. The quantitative estimate of drug-likeness (QED) is 0.171. The number of carbonyl (C=O) groups is 2. The summed E-state index contributed by atoms with van der Waals surface area (Å²) in [5.74, 6) is -0.475. The van der Waals surface area contributed by atoms with Crippen molar-refractivity contribution in [2.75, 3.05) is 13.1 Å². The maximum absolute atomic E-state index is 12.2. The van der Waals surface area contributed by atoms with Crippen molar-refractivity contribution in [1.82, 2.24) is 15.6 Å². The Morgan fingerprint density at radius 2 is 1.89 bits per heavy atom. The smallest absolute Gasteiger partial charge is 0.267 e. The Morgan fingerprint density at radius 1 is 1.15 bits per heavy atom. The van der Waals surface area contributed by atoms with E-state index in [1.807, 2.05) is 24.3 Å². The van der Waals surface area contributed by atoms with Gasteiger partial charge in [-0.2, -0.15) is 4.57 Å². The van der Waals surface area contributed by atoms with Crippen molar-refractivity contribution >= 4 is 28.9 Å². The number of hydrogen-bond acceptors (Lipinski definition) is 4. The Balaban J connectivity index is 1.50. The zero-order valence-electron chi connectivity index (χ0n) is 14.8. The number of pyridine rings is 1. The molecule has 0 bridgehead atoms. The van der Waals surface area contributed by atoms with Crippen molar-refractivity contribution in [2.45, 2.75) is 0 Å². The average molecular weight is 366 g/mol. The molecular weight excluding hydrogens is 346 g/mol. The Morgan fingerprint density at radius 3 is 2.59 bits per heavy atom. The topological polar surface area (TPSA) is 110 Å². The first-order valence-electron chi connectivity index (χ1n) is 8.40. The van der Waals surface area contributed by atoms with E-state index in [9.17, 15) is 9.59 Å². The third-order valence-electron chi connectivity index (χ3n) is 4.10. The molecule has 3 aromatic rings. The highest BCUT2D eigenvalue weighted by atomic mass is 16.4. The van der Waals surface area contributed by atoms with Gasteiger partial charge in [0.1, 0.15) is 24.5 Å². The summed E-state index contributed by atoms with van der Waals surface area (Å²) in [5.41, 5.74) is 2.50. The lowest BCUT2D eigenvalue weighted by atomic mass is 10.2. The number of para-hydroxylation sites is 1. The second kappa shape index (κ2) is 8.13. The number of aromatic nitrogens is 2. The van der Waals surface area contributed by atoms with E-state index in [-0.39, 0.29) is 11.8 Å². The molecule has 0 radical (unpaired) electrons. The molecule has 0 aliphatic heterocycles. The summed E-state index contributed by atoms with van der Waals surface area (Å²) in [5, 5.41) is 18.0. The monoisotopic (exact) mass is 366 g/mol. The summed E-state index contributed by atoms with van der Waals surface area (Å²) >= 11 is 0. The highest BCUT2D eigenvalue weighted by Gasteiger charge is 2.13. The van der Waals surface area contributed by atoms with Gasteiger partial charge in [-0.05, 0) is 18.2 Å². The van der Waals surface area contributed by atoms with Gasteiger partial charge < -0.3 is 20.8 Å². The van der Waals surface area contributed by atoms with E-state index < -0.39 is 0 Å². The molecule has 0 spiro atoms. The molecule has 8 heteroatoms. The van der Waals surface area contributed by atoms with Crippen LogP contribution in [-0.4, -0.2) is 41.3 Å². The van der Waals surface area contributed by atoms with Gasteiger partial charge in [0.25, 0.3) is 11.8 Å². The van der Waals surface area contributed by atoms with Gasteiger partial charge in [-0.25, -0.2) is 0 Å². The summed E-state index contributed by atoms with van der Waals surface area (Å²) in [6.45, 7) is 0.607. The number of rotatable bonds is 6. The van der Waals surface area contributed by atoms with Crippen LogP contribution in [0.2, 0.25) is 0 Å². The van der Waals surface area contributed by atoms with Gasteiger partial charge in [-0.15, -0.1) is 0 Å². The van der Waals surface area contributed by atoms with Crippen LogP contribution in [0.1, 0.15) is 26.5 Å². The normalized spacial score (nSPS) is 11.0. The minimum Gasteiger partial charge on any atom is -0.411 e. The second-order valence-corrected chi connectivity index (χ2v) is 5.98. The number of oxime groups is 1. The highest BCUT2D eigenvalue weighted by Crippen LogP contribution is 2.14. The number of carbonyl (C=O) groups excluding carboxylic acids is 2. The van der Waals surface area contributed by atoms with Crippen molar-refractivity contribution in [3.8, 4) is 0 Å². The standard InChI is InChI=1S/C19H19N5O3/c1-24-12-14(6-7-15(24)11-22-27)18(25)20-8-9-21-19(26)17-10-13-4-2-3-5-16(13)23-17/h2-7,10-12H,8-9H2,1H3,(H3,20,21,23,25,26)/p+1. The fraction of sp³-hybridized carbons (Fsp3) is 0.158. The first-order chi connectivity index (χ1) is 13.1. The van der Waals surface area contributed by atoms with Crippen LogP contribution < -0.4 is 15.2 Å².